The molecule has 1 N–H and O–H groups in total. The molecule has 20 heavy (non-hydrogen) atoms. The minimum Gasteiger partial charge on any atom is -0.341 e. The average Bonchev–Trinajstić information content (AvgIpc) is 2.75. The number of aryl methyl sites for hydroxylation is 3. The molecule has 2 aromatic rings. The molecule has 1 aromatic carbocycles. The normalized spacial score (nSPS) is 15.2. The molecule has 0 bridgehead atoms. The smallest absolute Gasteiger partial charge is 0.112 e. The number of H-pyrrole nitrogens is 1. The molecular weight excluding hydrogens is 244 g/mol. The van der Waals surface area contributed by atoms with Gasteiger partial charge in [-0.05, 0) is 38.2 Å². The van der Waals surface area contributed by atoms with Crippen LogP contribution in [0.2, 0.25) is 0 Å². The van der Waals surface area contributed by atoms with E-state index in [-0.39, 0.29) is 5.41 Å². The third-order valence-electron chi connectivity index (χ3n) is 4.13. The lowest BCUT2D eigenvalue weighted by Gasteiger charge is -2.15. The molecule has 3 rings (SSSR count). The van der Waals surface area contributed by atoms with Gasteiger partial charge in [0.15, 0.2) is 0 Å². The van der Waals surface area contributed by atoms with Crippen molar-refractivity contribution in [3.63, 3.8) is 0 Å². The van der Waals surface area contributed by atoms with Crippen molar-refractivity contribution in [1.82, 2.24) is 9.97 Å². The number of aromatic amines is 1. The molecule has 1 aliphatic rings. The van der Waals surface area contributed by atoms with Crippen LogP contribution < -0.4 is 0 Å². The molecular formula is C18H24N2. The second kappa shape index (κ2) is 4.76. The number of imidazole rings is 1. The molecule has 0 fully saturated rings. The minimum absolute atomic E-state index is 0.0753. The van der Waals surface area contributed by atoms with Gasteiger partial charge in [-0.2, -0.15) is 0 Å². The summed E-state index contributed by atoms with van der Waals surface area (Å²) in [7, 11) is 0. The van der Waals surface area contributed by atoms with Crippen molar-refractivity contribution in [1.29, 1.82) is 0 Å². The Labute approximate surface area is 121 Å². The van der Waals surface area contributed by atoms with Crippen LogP contribution in [-0.2, 0) is 18.3 Å². The summed E-state index contributed by atoms with van der Waals surface area (Å²) in [6.45, 7) is 8.83. The Morgan fingerprint density at radius 3 is 2.60 bits per heavy atom. The van der Waals surface area contributed by atoms with Crippen molar-refractivity contribution in [3.8, 4) is 11.3 Å². The first kappa shape index (κ1) is 13.4. The van der Waals surface area contributed by atoms with Crippen LogP contribution in [0.15, 0.2) is 18.2 Å². The van der Waals surface area contributed by atoms with Gasteiger partial charge in [0.2, 0.25) is 0 Å². The zero-order valence-corrected chi connectivity index (χ0v) is 13.0. The quantitative estimate of drug-likeness (QED) is 0.745. The number of benzene rings is 1. The van der Waals surface area contributed by atoms with Gasteiger partial charge >= 0.3 is 0 Å². The molecule has 1 aliphatic carbocycles. The Bertz CT molecular complexity index is 629. The first-order valence-corrected chi connectivity index (χ1v) is 7.64. The summed E-state index contributed by atoms with van der Waals surface area (Å²) >= 11 is 0. The molecule has 0 spiro atoms. The van der Waals surface area contributed by atoms with E-state index in [9.17, 15) is 0 Å². The van der Waals surface area contributed by atoms with Crippen molar-refractivity contribution >= 4 is 0 Å². The standard InChI is InChI=1S/C18H24N2/c1-12-9-10-14-13(11-12)7-5-6-8-15-16(14)20-17(19-15)18(2,3)4/h9-11H,5-8H2,1-4H3,(H,19,20). The molecule has 1 heterocycles. The Morgan fingerprint density at radius 2 is 1.85 bits per heavy atom. The predicted octanol–water partition coefficient (Wildman–Crippen LogP) is 4.56. The van der Waals surface area contributed by atoms with Crippen LogP contribution in [0.1, 0.15) is 56.3 Å². The number of hydrogen-bond donors (Lipinski definition) is 1. The van der Waals surface area contributed by atoms with E-state index < -0.39 is 0 Å². The lowest BCUT2D eigenvalue weighted by Crippen LogP contribution is -2.13. The van der Waals surface area contributed by atoms with Crippen molar-refractivity contribution < 1.29 is 0 Å². The summed E-state index contributed by atoms with van der Waals surface area (Å²) in [5.74, 6) is 1.11. The van der Waals surface area contributed by atoms with Crippen LogP contribution >= 0.6 is 0 Å². The van der Waals surface area contributed by atoms with Gasteiger partial charge in [-0.3, -0.25) is 0 Å². The van der Waals surface area contributed by atoms with Gasteiger partial charge in [0.05, 0.1) is 11.4 Å². The van der Waals surface area contributed by atoms with E-state index in [1.165, 1.54) is 47.3 Å². The number of nitrogens with zero attached hydrogens (tertiary/aromatic N) is 1. The van der Waals surface area contributed by atoms with Crippen molar-refractivity contribution in [2.75, 3.05) is 0 Å². The molecule has 0 amide bonds. The van der Waals surface area contributed by atoms with Gasteiger partial charge < -0.3 is 4.98 Å². The monoisotopic (exact) mass is 268 g/mol. The van der Waals surface area contributed by atoms with Crippen LogP contribution in [0.4, 0.5) is 0 Å². The molecule has 2 heteroatoms. The summed E-state index contributed by atoms with van der Waals surface area (Å²) in [5.41, 5.74) is 6.75. The Hall–Kier alpha value is -1.57. The molecule has 0 aliphatic heterocycles. The number of fused-ring (bicyclic) bond motifs is 3. The highest BCUT2D eigenvalue weighted by Crippen LogP contribution is 2.33. The Balaban J connectivity index is 2.17. The largest absolute Gasteiger partial charge is 0.341 e. The van der Waals surface area contributed by atoms with Crippen LogP contribution in [0, 0.1) is 6.92 Å². The molecule has 0 radical (unpaired) electrons. The Kier molecular flexibility index (Phi) is 3.19. The van der Waals surface area contributed by atoms with Crippen LogP contribution in [0.3, 0.4) is 0 Å². The number of rotatable bonds is 0. The molecule has 106 valence electrons. The number of hydrogen-bond acceptors (Lipinski definition) is 1. The van der Waals surface area contributed by atoms with E-state index in [4.69, 9.17) is 4.98 Å². The fraction of sp³-hybridized carbons (Fsp3) is 0.500. The second-order valence-corrected chi connectivity index (χ2v) is 7.02. The third-order valence-corrected chi connectivity index (χ3v) is 4.13. The first-order chi connectivity index (χ1) is 9.45. The van der Waals surface area contributed by atoms with Crippen molar-refractivity contribution in [3.05, 3.63) is 40.8 Å². The molecule has 1 aromatic heterocycles. The highest BCUT2D eigenvalue weighted by Gasteiger charge is 2.23. The second-order valence-electron chi connectivity index (χ2n) is 7.02. The molecule has 0 saturated heterocycles. The van der Waals surface area contributed by atoms with Crippen molar-refractivity contribution in [2.45, 2.75) is 58.8 Å². The van der Waals surface area contributed by atoms with E-state index in [0.29, 0.717) is 0 Å². The summed E-state index contributed by atoms with van der Waals surface area (Å²) in [6.07, 6.45) is 4.76. The van der Waals surface area contributed by atoms with E-state index >= 15 is 0 Å². The minimum atomic E-state index is 0.0753. The molecule has 2 nitrogen and oxygen atoms in total. The van der Waals surface area contributed by atoms with E-state index in [1.54, 1.807) is 0 Å². The molecule has 0 atom stereocenters. The summed E-state index contributed by atoms with van der Waals surface area (Å²) in [4.78, 5) is 8.50. The highest BCUT2D eigenvalue weighted by atomic mass is 15.0. The van der Waals surface area contributed by atoms with Gasteiger partial charge in [-0.15, -0.1) is 0 Å². The maximum Gasteiger partial charge on any atom is 0.112 e. The van der Waals surface area contributed by atoms with Crippen LogP contribution in [0.5, 0.6) is 0 Å². The number of aromatic nitrogens is 2. The third kappa shape index (κ3) is 2.39. The van der Waals surface area contributed by atoms with Gasteiger partial charge in [-0.1, -0.05) is 44.5 Å². The van der Waals surface area contributed by atoms with Crippen LogP contribution in [-0.4, -0.2) is 9.97 Å². The van der Waals surface area contributed by atoms with Gasteiger partial charge in [0, 0.05) is 11.0 Å². The van der Waals surface area contributed by atoms with E-state index in [0.717, 1.165) is 12.2 Å². The molecule has 0 saturated carbocycles. The first-order valence-electron chi connectivity index (χ1n) is 7.64. The maximum atomic E-state index is 4.89. The summed E-state index contributed by atoms with van der Waals surface area (Å²) in [5, 5.41) is 0. The van der Waals surface area contributed by atoms with Crippen molar-refractivity contribution in [2.24, 2.45) is 0 Å². The van der Waals surface area contributed by atoms with E-state index in [2.05, 4.69) is 50.9 Å². The van der Waals surface area contributed by atoms with Gasteiger partial charge in [-0.25, -0.2) is 4.98 Å². The summed E-state index contributed by atoms with van der Waals surface area (Å²) < 4.78 is 0. The number of nitrogens with one attached hydrogen (secondary N) is 1. The lowest BCUT2D eigenvalue weighted by molar-refractivity contribution is 0.551. The van der Waals surface area contributed by atoms with Crippen LogP contribution in [0.25, 0.3) is 11.3 Å². The maximum absolute atomic E-state index is 4.89. The van der Waals surface area contributed by atoms with Gasteiger partial charge in [0.25, 0.3) is 0 Å². The predicted molar refractivity (Wildman–Crippen MR) is 84.1 cm³/mol. The molecule has 0 unspecified atom stereocenters. The lowest BCUT2D eigenvalue weighted by atomic mass is 9.92. The summed E-state index contributed by atoms with van der Waals surface area (Å²) in [6, 6.07) is 6.81. The van der Waals surface area contributed by atoms with Gasteiger partial charge in [0.1, 0.15) is 5.82 Å². The fourth-order valence-corrected chi connectivity index (χ4v) is 2.95. The highest BCUT2D eigenvalue weighted by molar-refractivity contribution is 5.67. The van der Waals surface area contributed by atoms with E-state index in [1.807, 2.05) is 0 Å². The zero-order valence-electron chi connectivity index (χ0n) is 13.0. The average molecular weight is 268 g/mol. The fourth-order valence-electron chi connectivity index (χ4n) is 2.95. The zero-order chi connectivity index (χ0) is 14.3. The topological polar surface area (TPSA) is 28.7 Å². The SMILES string of the molecule is Cc1ccc2c(c1)CCCCc1nc(C(C)(C)C)[nH]c1-2. The Morgan fingerprint density at radius 1 is 1.10 bits per heavy atom.